The quantitative estimate of drug-likeness (QED) is 0.0819. The van der Waals surface area contributed by atoms with Crippen molar-refractivity contribution in [2.45, 2.75) is 229 Å². The molecule has 388 valence electrons. The molecular weight excluding hydrogens is 881 g/mol. The van der Waals surface area contributed by atoms with Crippen LogP contribution in [0.5, 0.6) is 0 Å². The van der Waals surface area contributed by atoms with Crippen LogP contribution in [-0.2, 0) is 28.4 Å². The summed E-state index contributed by atoms with van der Waals surface area (Å²) in [6, 6.07) is 0. The van der Waals surface area contributed by atoms with Crippen LogP contribution in [0.3, 0.4) is 0 Å². The Bertz CT molecular complexity index is 1730. The second-order valence-electron chi connectivity index (χ2n) is 23.5. The van der Waals surface area contributed by atoms with Crippen molar-refractivity contribution in [1.82, 2.24) is 0 Å². The third-order valence-corrected chi connectivity index (χ3v) is 18.5. The first-order chi connectivity index (χ1) is 31.0. The lowest BCUT2D eigenvalue weighted by Crippen LogP contribution is -2.71. The zero-order valence-corrected chi connectivity index (χ0v) is 40.5. The third-order valence-electron chi connectivity index (χ3n) is 18.5. The predicted molar refractivity (Wildman–Crippen MR) is 235 cm³/mol. The highest BCUT2D eigenvalue weighted by atomic mass is 16.8. The van der Waals surface area contributed by atoms with Crippen LogP contribution in [0, 0.1) is 45.3 Å². The van der Waals surface area contributed by atoms with Gasteiger partial charge in [0.2, 0.25) is 0 Å². The molecular formula is C48H82O19. The van der Waals surface area contributed by atoms with Gasteiger partial charge in [-0.25, -0.2) is 0 Å². The maximum absolute atomic E-state index is 12.7. The summed E-state index contributed by atoms with van der Waals surface area (Å²) < 4.78 is 37.9. The molecule has 0 spiro atoms. The fourth-order valence-corrected chi connectivity index (χ4v) is 14.8. The molecule has 0 unspecified atom stereocenters. The lowest BCUT2D eigenvalue weighted by atomic mass is 9.34. The normalized spacial score (nSPS) is 53.4. The van der Waals surface area contributed by atoms with Crippen molar-refractivity contribution < 1.29 is 94.8 Å². The monoisotopic (exact) mass is 963 g/mol. The molecule has 7 rings (SSSR count). The fraction of sp³-hybridized carbons (Fsp3) is 0.958. The summed E-state index contributed by atoms with van der Waals surface area (Å²) in [6.45, 7) is 15.8. The van der Waals surface area contributed by atoms with Crippen LogP contribution in [0.25, 0.3) is 0 Å². The highest BCUT2D eigenvalue weighted by Gasteiger charge is 2.74. The Kier molecular flexibility index (Phi) is 15.3. The highest BCUT2D eigenvalue weighted by Crippen LogP contribution is 2.76. The predicted octanol–water partition coefficient (Wildman–Crippen LogP) is -1.06. The van der Waals surface area contributed by atoms with E-state index in [1.165, 1.54) is 6.92 Å². The van der Waals surface area contributed by atoms with E-state index in [-0.39, 0.29) is 12.3 Å². The molecule has 13 N–H and O–H groups in total. The van der Waals surface area contributed by atoms with Gasteiger partial charge in [-0.1, -0.05) is 46.8 Å². The van der Waals surface area contributed by atoms with E-state index in [2.05, 4.69) is 20.8 Å². The topological polar surface area (TPSA) is 318 Å². The number of aliphatic hydroxyl groups excluding tert-OH is 12. The van der Waals surface area contributed by atoms with E-state index in [0.29, 0.717) is 38.5 Å². The van der Waals surface area contributed by atoms with Gasteiger partial charge >= 0.3 is 0 Å². The van der Waals surface area contributed by atoms with E-state index in [1.54, 1.807) is 26.0 Å². The molecule has 19 heteroatoms. The average Bonchev–Trinajstić information content (AvgIpc) is 3.64. The van der Waals surface area contributed by atoms with Crippen molar-refractivity contribution in [3.63, 3.8) is 0 Å². The minimum Gasteiger partial charge on any atom is -0.394 e. The summed E-state index contributed by atoms with van der Waals surface area (Å²) in [5.74, 6) is -1.39. The molecule has 7 fully saturated rings. The molecule has 0 radical (unpaired) electrons. The van der Waals surface area contributed by atoms with Crippen molar-refractivity contribution >= 4 is 0 Å². The van der Waals surface area contributed by atoms with Crippen molar-refractivity contribution in [3.8, 4) is 0 Å². The van der Waals surface area contributed by atoms with Crippen LogP contribution >= 0.6 is 0 Å². The molecule has 67 heavy (non-hydrogen) atoms. The number of aliphatic hydroxyl groups is 13. The molecule has 0 bridgehead atoms. The molecule has 0 aromatic rings. The zero-order valence-electron chi connectivity index (χ0n) is 40.5. The van der Waals surface area contributed by atoms with Crippen molar-refractivity contribution in [2.24, 2.45) is 45.3 Å². The van der Waals surface area contributed by atoms with E-state index in [1.807, 2.05) is 20.8 Å². The van der Waals surface area contributed by atoms with Gasteiger partial charge in [-0.2, -0.15) is 0 Å². The molecule has 0 aromatic heterocycles. The van der Waals surface area contributed by atoms with Crippen LogP contribution < -0.4 is 0 Å². The first-order valence-electron chi connectivity index (χ1n) is 24.4. The van der Waals surface area contributed by atoms with Gasteiger partial charge in [-0.05, 0) is 118 Å². The Morgan fingerprint density at radius 3 is 1.85 bits per heavy atom. The summed E-state index contributed by atoms with van der Waals surface area (Å²) in [6.07, 6.45) is -18.8. The molecule has 3 aliphatic heterocycles. The summed E-state index contributed by atoms with van der Waals surface area (Å²) in [5.41, 5.74) is -5.06. The molecule has 0 amide bonds. The Hall–Kier alpha value is -1.02. The van der Waals surface area contributed by atoms with Crippen LogP contribution in [0.2, 0.25) is 0 Å². The number of hydrogen-bond acceptors (Lipinski definition) is 19. The minimum absolute atomic E-state index is 0.128. The number of hydrogen-bond donors (Lipinski definition) is 13. The smallest absolute Gasteiger partial charge is 0.187 e. The van der Waals surface area contributed by atoms with Crippen LogP contribution in [0.1, 0.15) is 107 Å². The summed E-state index contributed by atoms with van der Waals surface area (Å²) in [5, 5.41) is 143. The van der Waals surface area contributed by atoms with E-state index in [4.69, 9.17) is 28.4 Å². The Labute approximate surface area is 393 Å². The Morgan fingerprint density at radius 1 is 0.657 bits per heavy atom. The van der Waals surface area contributed by atoms with Crippen LogP contribution in [-0.4, -0.2) is 201 Å². The summed E-state index contributed by atoms with van der Waals surface area (Å²) in [7, 11) is 0. The average molecular weight is 963 g/mol. The number of rotatable bonds is 12. The zero-order chi connectivity index (χ0) is 49.7. The maximum Gasteiger partial charge on any atom is 0.187 e. The number of ether oxygens (including phenoxy) is 6. The largest absolute Gasteiger partial charge is 0.394 e. The first-order valence-corrected chi connectivity index (χ1v) is 24.4. The Morgan fingerprint density at radius 2 is 1.24 bits per heavy atom. The van der Waals surface area contributed by atoms with E-state index < -0.39 is 174 Å². The standard InChI is InChI=1S/C48H82O19/c1-21-30(53)33(56)36(59)40(62-21)66-38-35(58)32(55)26(20-50)65-42(38)63-24-18-47(8)27(45(6)15-12-28(52)44(4,5)39(24)45)17-23(51)29-22(11-16-46(29,47)7)48(9,14-10-13-43(2,3)61)67-41-37(60)34(57)31(54)25(19-49)64-41/h10,13,21-42,49-61H,11-12,14-20H2,1-9H3/b13-10+/t21-,22-,23-,24-,25+,26+,27+,28-,29+,30+,31-,32-,33+,34+,35-,36-,37-,38-,39-,40-,41+,42-,45-,46+,47+,48-/m0/s1. The maximum atomic E-state index is 12.7. The first kappa shape index (κ1) is 53.8. The molecule has 0 aromatic carbocycles. The number of fused-ring (bicyclic) bond motifs is 5. The van der Waals surface area contributed by atoms with Crippen molar-refractivity contribution in [3.05, 3.63) is 12.2 Å². The molecule has 3 saturated heterocycles. The van der Waals surface area contributed by atoms with Gasteiger partial charge in [0, 0.05) is 0 Å². The summed E-state index contributed by atoms with van der Waals surface area (Å²) >= 11 is 0. The van der Waals surface area contributed by atoms with Gasteiger partial charge in [0.15, 0.2) is 18.9 Å². The van der Waals surface area contributed by atoms with E-state index >= 15 is 0 Å². The molecule has 4 saturated carbocycles. The van der Waals surface area contributed by atoms with Gasteiger partial charge in [-0.15, -0.1) is 0 Å². The molecule has 26 atom stereocenters. The second-order valence-corrected chi connectivity index (χ2v) is 23.5. The minimum atomic E-state index is -1.77. The molecule has 4 aliphatic carbocycles. The van der Waals surface area contributed by atoms with Gasteiger partial charge in [0.05, 0.1) is 48.8 Å². The second kappa shape index (κ2) is 19.1. The van der Waals surface area contributed by atoms with Gasteiger partial charge in [0.25, 0.3) is 0 Å². The lowest BCUT2D eigenvalue weighted by molar-refractivity contribution is -0.382. The van der Waals surface area contributed by atoms with Crippen LogP contribution in [0.15, 0.2) is 12.2 Å². The Balaban J connectivity index is 1.28. The fourth-order valence-electron chi connectivity index (χ4n) is 14.8. The highest BCUT2D eigenvalue weighted by molar-refractivity contribution is 5.22. The molecule has 19 nitrogen and oxygen atoms in total. The SMILES string of the molecule is C[C@@H]1O[C@@H](O[C@@H]2[C@@H](O[C@H]3C[C@]4(C)[C@H](C[C@H](O)[C@H]5[C@@H]([C@](C)(C/C=C/C(C)(C)O)O[C@H]6O[C@H](CO)[C@H](O)[C@@H](O)[C@@H]6O)CC[C@]54C)[C@]4(C)CC[C@H](O)C(C)(C)[C@H]34)O[C@H](CO)[C@H](O)[C@@H]2O)[C@@H](O)[C@H](O)[C@@H]1O. The molecule has 3 heterocycles. The third kappa shape index (κ3) is 9.13. The van der Waals surface area contributed by atoms with E-state index in [9.17, 15) is 66.4 Å². The summed E-state index contributed by atoms with van der Waals surface area (Å²) in [4.78, 5) is 0. The van der Waals surface area contributed by atoms with Crippen molar-refractivity contribution in [1.29, 1.82) is 0 Å². The van der Waals surface area contributed by atoms with Crippen molar-refractivity contribution in [2.75, 3.05) is 13.2 Å². The van der Waals surface area contributed by atoms with Gasteiger partial charge < -0.3 is 94.8 Å². The van der Waals surface area contributed by atoms with Crippen LogP contribution in [0.4, 0.5) is 0 Å². The lowest BCUT2D eigenvalue weighted by Gasteiger charge is -2.72. The van der Waals surface area contributed by atoms with Gasteiger partial charge in [0.1, 0.15) is 67.1 Å². The molecule has 7 aliphatic rings. The van der Waals surface area contributed by atoms with Gasteiger partial charge in [-0.3, -0.25) is 0 Å². The van der Waals surface area contributed by atoms with E-state index in [0.717, 1.165) is 0 Å².